The van der Waals surface area contributed by atoms with E-state index in [2.05, 4.69) is 11.8 Å². The van der Waals surface area contributed by atoms with Crippen LogP contribution in [0, 0.1) is 23.2 Å². The lowest BCUT2D eigenvalue weighted by atomic mass is 9.49. The van der Waals surface area contributed by atoms with Gasteiger partial charge in [-0.05, 0) is 80.8 Å². The highest BCUT2D eigenvalue weighted by Crippen LogP contribution is 2.60. The van der Waals surface area contributed by atoms with Gasteiger partial charge in [0.2, 0.25) is 5.91 Å². The molecule has 0 aromatic heterocycles. The number of para-hydroxylation sites is 1. The number of aryl methyl sites for hydroxylation is 1. The zero-order valence-electron chi connectivity index (χ0n) is 18.9. The number of rotatable bonds is 5. The van der Waals surface area contributed by atoms with Crippen LogP contribution in [0.4, 0.5) is 0 Å². The van der Waals surface area contributed by atoms with Gasteiger partial charge < -0.3 is 14.5 Å². The van der Waals surface area contributed by atoms with Gasteiger partial charge in [-0.3, -0.25) is 9.59 Å². The third-order valence-electron chi connectivity index (χ3n) is 8.33. The molecule has 0 spiro atoms. The van der Waals surface area contributed by atoms with E-state index in [4.69, 9.17) is 4.74 Å². The van der Waals surface area contributed by atoms with Crippen LogP contribution in [0.15, 0.2) is 24.3 Å². The van der Waals surface area contributed by atoms with Crippen LogP contribution in [-0.4, -0.2) is 54.4 Å². The molecule has 1 aromatic carbocycles. The topological polar surface area (TPSA) is 49.9 Å². The van der Waals surface area contributed by atoms with Crippen molar-refractivity contribution in [1.29, 1.82) is 0 Å². The van der Waals surface area contributed by atoms with Gasteiger partial charge in [-0.25, -0.2) is 0 Å². The lowest BCUT2D eigenvalue weighted by Crippen LogP contribution is -2.55. The molecule has 4 aliphatic carbocycles. The maximum Gasteiger partial charge on any atom is 0.260 e. The minimum Gasteiger partial charge on any atom is -0.483 e. The van der Waals surface area contributed by atoms with Gasteiger partial charge in [-0.2, -0.15) is 0 Å². The molecule has 0 atom stereocenters. The molecule has 5 aliphatic rings. The summed E-state index contributed by atoms with van der Waals surface area (Å²) in [5.74, 6) is 3.56. The summed E-state index contributed by atoms with van der Waals surface area (Å²) in [5, 5.41) is 0. The van der Waals surface area contributed by atoms with E-state index in [0.29, 0.717) is 25.5 Å². The summed E-state index contributed by atoms with van der Waals surface area (Å²) in [7, 11) is 0. The molecule has 5 fully saturated rings. The Balaban J connectivity index is 1.18. The predicted molar refractivity (Wildman–Crippen MR) is 120 cm³/mol. The van der Waals surface area contributed by atoms with Crippen molar-refractivity contribution in [1.82, 2.24) is 9.80 Å². The van der Waals surface area contributed by atoms with E-state index in [-0.39, 0.29) is 17.9 Å². The van der Waals surface area contributed by atoms with Crippen molar-refractivity contribution in [2.75, 3.05) is 32.8 Å². The molecule has 1 aliphatic heterocycles. The number of ether oxygens (including phenoxy) is 1. The van der Waals surface area contributed by atoms with Gasteiger partial charge in [0, 0.05) is 26.2 Å². The van der Waals surface area contributed by atoms with Crippen molar-refractivity contribution in [3.05, 3.63) is 29.8 Å². The normalized spacial score (nSPS) is 32.1. The van der Waals surface area contributed by atoms with E-state index in [1.165, 1.54) is 19.3 Å². The summed E-state index contributed by atoms with van der Waals surface area (Å²) in [4.78, 5) is 30.5. The van der Waals surface area contributed by atoms with Gasteiger partial charge in [0.25, 0.3) is 5.91 Å². The van der Waals surface area contributed by atoms with Crippen LogP contribution >= 0.6 is 0 Å². The van der Waals surface area contributed by atoms with Crippen molar-refractivity contribution in [2.24, 2.45) is 23.2 Å². The van der Waals surface area contributed by atoms with Crippen molar-refractivity contribution < 1.29 is 14.3 Å². The van der Waals surface area contributed by atoms with Gasteiger partial charge in [0.05, 0.1) is 5.41 Å². The molecular formula is C26H36N2O3. The monoisotopic (exact) mass is 424 g/mol. The van der Waals surface area contributed by atoms with E-state index in [0.717, 1.165) is 67.7 Å². The lowest BCUT2D eigenvalue weighted by Gasteiger charge is -2.56. The maximum absolute atomic E-state index is 13.7. The molecule has 4 saturated carbocycles. The Morgan fingerprint density at radius 1 is 0.935 bits per heavy atom. The average Bonchev–Trinajstić information content (AvgIpc) is 3.02. The Kier molecular flexibility index (Phi) is 5.70. The van der Waals surface area contributed by atoms with E-state index in [9.17, 15) is 9.59 Å². The fraction of sp³-hybridized carbons (Fsp3) is 0.692. The Hall–Kier alpha value is -2.04. The fourth-order valence-electron chi connectivity index (χ4n) is 7.25. The van der Waals surface area contributed by atoms with Gasteiger partial charge in [0.15, 0.2) is 6.61 Å². The second-order valence-electron chi connectivity index (χ2n) is 10.5. The molecule has 5 heteroatoms. The summed E-state index contributed by atoms with van der Waals surface area (Å²) >= 11 is 0. The molecule has 4 bridgehead atoms. The highest BCUT2D eigenvalue weighted by molar-refractivity contribution is 5.83. The first-order chi connectivity index (χ1) is 15.1. The van der Waals surface area contributed by atoms with E-state index < -0.39 is 0 Å². The molecule has 1 aromatic rings. The quantitative estimate of drug-likeness (QED) is 0.720. The number of amides is 2. The molecule has 0 N–H and O–H groups in total. The molecule has 31 heavy (non-hydrogen) atoms. The third-order valence-corrected chi connectivity index (χ3v) is 8.33. The van der Waals surface area contributed by atoms with Gasteiger partial charge in [-0.1, -0.05) is 25.1 Å². The Morgan fingerprint density at radius 2 is 1.55 bits per heavy atom. The van der Waals surface area contributed by atoms with Gasteiger partial charge >= 0.3 is 0 Å². The zero-order valence-corrected chi connectivity index (χ0v) is 18.9. The first-order valence-corrected chi connectivity index (χ1v) is 12.3. The number of carbonyl (C=O) groups is 2. The van der Waals surface area contributed by atoms with E-state index in [1.54, 1.807) is 0 Å². The largest absolute Gasteiger partial charge is 0.483 e. The third kappa shape index (κ3) is 4.08. The van der Waals surface area contributed by atoms with Crippen LogP contribution in [0.2, 0.25) is 0 Å². The molecule has 1 heterocycles. The molecule has 5 nitrogen and oxygen atoms in total. The number of hydrogen-bond acceptors (Lipinski definition) is 3. The zero-order chi connectivity index (χ0) is 21.4. The predicted octanol–water partition coefficient (Wildman–Crippen LogP) is 3.91. The second-order valence-corrected chi connectivity index (χ2v) is 10.5. The van der Waals surface area contributed by atoms with Crippen molar-refractivity contribution >= 4 is 11.8 Å². The maximum atomic E-state index is 13.7. The highest BCUT2D eigenvalue weighted by atomic mass is 16.5. The van der Waals surface area contributed by atoms with Crippen molar-refractivity contribution in [2.45, 2.75) is 58.3 Å². The molecule has 2 amide bonds. The smallest absolute Gasteiger partial charge is 0.260 e. The molecule has 0 unspecified atom stereocenters. The van der Waals surface area contributed by atoms with Crippen LogP contribution in [0.5, 0.6) is 5.75 Å². The van der Waals surface area contributed by atoms with Crippen LogP contribution in [0.1, 0.15) is 57.4 Å². The average molecular weight is 425 g/mol. The van der Waals surface area contributed by atoms with Gasteiger partial charge in [-0.15, -0.1) is 0 Å². The van der Waals surface area contributed by atoms with Crippen LogP contribution in [0.25, 0.3) is 0 Å². The molecule has 6 rings (SSSR count). The van der Waals surface area contributed by atoms with Gasteiger partial charge in [0.1, 0.15) is 5.75 Å². The minimum atomic E-state index is -0.0824. The highest BCUT2D eigenvalue weighted by Gasteiger charge is 2.55. The lowest BCUT2D eigenvalue weighted by molar-refractivity contribution is -0.157. The SMILES string of the molecule is CCc1ccccc1OCC(=O)N1CCCN(C(=O)C23CC4CC(CC(C4)C2)C3)CC1. The van der Waals surface area contributed by atoms with Crippen LogP contribution in [0.3, 0.4) is 0 Å². The van der Waals surface area contributed by atoms with Crippen molar-refractivity contribution in [3.63, 3.8) is 0 Å². The Morgan fingerprint density at radius 3 is 2.23 bits per heavy atom. The number of nitrogens with zero attached hydrogens (tertiary/aromatic N) is 2. The first kappa shape index (κ1) is 20.8. The molecule has 0 radical (unpaired) electrons. The number of benzene rings is 1. The summed E-state index contributed by atoms with van der Waals surface area (Å²) in [6, 6.07) is 7.91. The Labute approximate surface area is 186 Å². The summed E-state index contributed by atoms with van der Waals surface area (Å²) in [6.07, 6.45) is 9.15. The van der Waals surface area contributed by atoms with Crippen LogP contribution in [-0.2, 0) is 16.0 Å². The molecule has 1 saturated heterocycles. The standard InChI is InChI=1S/C26H36N2O3/c1-2-22-6-3-4-7-23(22)31-18-24(29)27-8-5-9-28(11-10-27)25(30)26-15-19-12-20(16-26)14-21(13-19)17-26/h3-4,6-7,19-21H,2,5,8-18H2,1H3. The van der Waals surface area contributed by atoms with Crippen molar-refractivity contribution in [3.8, 4) is 5.75 Å². The summed E-state index contributed by atoms with van der Waals surface area (Å²) in [5.41, 5.74) is 1.04. The fourth-order valence-corrected chi connectivity index (χ4v) is 7.25. The second kappa shape index (κ2) is 8.48. The van der Waals surface area contributed by atoms with E-state index in [1.807, 2.05) is 29.2 Å². The Bertz CT molecular complexity index is 800. The molecular weight excluding hydrogens is 388 g/mol. The summed E-state index contributed by atoms with van der Waals surface area (Å²) < 4.78 is 5.85. The number of hydrogen-bond donors (Lipinski definition) is 0. The minimum absolute atomic E-state index is 0.0232. The van der Waals surface area contributed by atoms with Crippen LogP contribution < -0.4 is 4.74 Å². The first-order valence-electron chi connectivity index (χ1n) is 12.3. The number of carbonyl (C=O) groups excluding carboxylic acids is 2. The molecule has 168 valence electrons. The summed E-state index contributed by atoms with van der Waals surface area (Å²) in [6.45, 7) is 4.94. The van der Waals surface area contributed by atoms with E-state index >= 15 is 0 Å².